The maximum absolute atomic E-state index is 5.74. The summed E-state index contributed by atoms with van der Waals surface area (Å²) in [5.41, 5.74) is 13.5. The third-order valence-corrected chi connectivity index (χ3v) is 1.78. The molecule has 12 heavy (non-hydrogen) atoms. The van der Waals surface area contributed by atoms with Crippen LogP contribution in [0.3, 0.4) is 0 Å². The number of nitrogen functional groups attached to an aromatic ring is 2. The van der Waals surface area contributed by atoms with E-state index in [2.05, 4.69) is 4.98 Å². The van der Waals surface area contributed by atoms with Crippen LogP contribution in [0.1, 0.15) is 0 Å². The van der Waals surface area contributed by atoms with E-state index in [4.69, 9.17) is 11.5 Å². The van der Waals surface area contributed by atoms with E-state index in [0.29, 0.717) is 11.4 Å². The second-order valence-corrected chi connectivity index (χ2v) is 2.68. The van der Waals surface area contributed by atoms with Gasteiger partial charge >= 0.3 is 0 Å². The molecule has 3 heteroatoms. The molecule has 0 bridgehead atoms. The molecule has 2 rings (SSSR count). The number of hydrogen-bond acceptors (Lipinski definition) is 3. The fourth-order valence-electron chi connectivity index (χ4n) is 1.23. The van der Waals surface area contributed by atoms with Crippen LogP contribution in [0.25, 0.3) is 10.9 Å². The second kappa shape index (κ2) is 2.37. The first-order valence-electron chi connectivity index (χ1n) is 3.67. The van der Waals surface area contributed by atoms with Crippen molar-refractivity contribution in [1.29, 1.82) is 0 Å². The fourth-order valence-corrected chi connectivity index (χ4v) is 1.23. The highest BCUT2D eigenvalue weighted by atomic mass is 14.7. The molecule has 0 saturated carbocycles. The number of aromatic nitrogens is 1. The summed E-state index contributed by atoms with van der Waals surface area (Å²) < 4.78 is 0. The Hall–Kier alpha value is -1.77. The Labute approximate surface area is 70.0 Å². The Balaban J connectivity index is 2.89. The SMILES string of the molecule is Nc1cc(N)c2cccnc2c1. The Morgan fingerprint density at radius 3 is 2.83 bits per heavy atom. The first-order chi connectivity index (χ1) is 5.77. The van der Waals surface area contributed by atoms with Gasteiger partial charge in [0.15, 0.2) is 0 Å². The van der Waals surface area contributed by atoms with E-state index >= 15 is 0 Å². The van der Waals surface area contributed by atoms with Gasteiger partial charge in [-0.1, -0.05) is 0 Å². The number of nitrogens with zero attached hydrogens (tertiary/aromatic N) is 1. The van der Waals surface area contributed by atoms with E-state index in [1.54, 1.807) is 12.3 Å². The van der Waals surface area contributed by atoms with E-state index < -0.39 is 0 Å². The van der Waals surface area contributed by atoms with Crippen molar-refractivity contribution in [3.05, 3.63) is 30.5 Å². The molecule has 0 aliphatic heterocycles. The third kappa shape index (κ3) is 0.955. The molecular formula is C9H9N3. The number of nitrogens with two attached hydrogens (primary N) is 2. The molecule has 0 aliphatic carbocycles. The summed E-state index contributed by atoms with van der Waals surface area (Å²) in [4.78, 5) is 4.14. The molecule has 1 aromatic heterocycles. The Bertz CT molecular complexity index is 423. The Morgan fingerprint density at radius 2 is 2.00 bits per heavy atom. The van der Waals surface area contributed by atoms with Crippen molar-refractivity contribution in [2.45, 2.75) is 0 Å². The normalized spacial score (nSPS) is 10.3. The van der Waals surface area contributed by atoms with Gasteiger partial charge in [0.2, 0.25) is 0 Å². The maximum atomic E-state index is 5.74. The third-order valence-electron chi connectivity index (χ3n) is 1.78. The van der Waals surface area contributed by atoms with Gasteiger partial charge in [0, 0.05) is 23.0 Å². The van der Waals surface area contributed by atoms with Crippen LogP contribution in [-0.4, -0.2) is 4.98 Å². The first-order valence-corrected chi connectivity index (χ1v) is 3.67. The number of anilines is 2. The van der Waals surface area contributed by atoms with E-state index in [0.717, 1.165) is 10.9 Å². The summed E-state index contributed by atoms with van der Waals surface area (Å²) in [7, 11) is 0. The van der Waals surface area contributed by atoms with Crippen molar-refractivity contribution in [1.82, 2.24) is 4.98 Å². The summed E-state index contributed by atoms with van der Waals surface area (Å²) in [6.07, 6.45) is 1.72. The monoisotopic (exact) mass is 159 g/mol. The highest BCUT2D eigenvalue weighted by molar-refractivity contribution is 5.92. The summed E-state index contributed by atoms with van der Waals surface area (Å²) in [6, 6.07) is 7.34. The van der Waals surface area contributed by atoms with Gasteiger partial charge in [-0.2, -0.15) is 0 Å². The first kappa shape index (κ1) is 6.91. The minimum atomic E-state index is 0.652. The van der Waals surface area contributed by atoms with Crippen molar-refractivity contribution >= 4 is 22.3 Å². The highest BCUT2D eigenvalue weighted by Crippen LogP contribution is 2.21. The molecule has 0 aliphatic rings. The molecule has 0 radical (unpaired) electrons. The molecular weight excluding hydrogens is 150 g/mol. The van der Waals surface area contributed by atoms with Crippen LogP contribution in [0.4, 0.5) is 11.4 Å². The van der Waals surface area contributed by atoms with Gasteiger partial charge in [-0.25, -0.2) is 0 Å². The largest absolute Gasteiger partial charge is 0.399 e. The summed E-state index contributed by atoms with van der Waals surface area (Å²) >= 11 is 0. The minimum Gasteiger partial charge on any atom is -0.399 e. The number of fused-ring (bicyclic) bond motifs is 1. The molecule has 3 nitrogen and oxygen atoms in total. The molecule has 0 saturated heterocycles. The summed E-state index contributed by atoms with van der Waals surface area (Å²) in [5.74, 6) is 0. The molecule has 0 fully saturated rings. The Morgan fingerprint density at radius 1 is 1.17 bits per heavy atom. The lowest BCUT2D eigenvalue weighted by Crippen LogP contribution is -1.92. The van der Waals surface area contributed by atoms with Crippen molar-refractivity contribution in [2.75, 3.05) is 11.5 Å². The molecule has 0 atom stereocenters. The molecule has 4 N–H and O–H groups in total. The maximum Gasteiger partial charge on any atom is 0.0743 e. The zero-order valence-electron chi connectivity index (χ0n) is 6.49. The molecule has 0 spiro atoms. The van der Waals surface area contributed by atoms with Crippen molar-refractivity contribution in [2.24, 2.45) is 0 Å². The smallest absolute Gasteiger partial charge is 0.0743 e. The van der Waals surface area contributed by atoms with Crippen LogP contribution in [0.15, 0.2) is 30.5 Å². The van der Waals surface area contributed by atoms with E-state index in [1.807, 2.05) is 18.2 Å². The predicted octanol–water partition coefficient (Wildman–Crippen LogP) is 1.40. The van der Waals surface area contributed by atoms with Crippen LogP contribution < -0.4 is 11.5 Å². The van der Waals surface area contributed by atoms with Crippen LogP contribution in [-0.2, 0) is 0 Å². The van der Waals surface area contributed by atoms with E-state index in [9.17, 15) is 0 Å². The molecule has 0 amide bonds. The second-order valence-electron chi connectivity index (χ2n) is 2.68. The summed E-state index contributed by atoms with van der Waals surface area (Å²) in [5, 5.41) is 0.951. The van der Waals surface area contributed by atoms with Gasteiger partial charge in [-0.05, 0) is 24.3 Å². The van der Waals surface area contributed by atoms with Gasteiger partial charge in [-0.3, -0.25) is 4.98 Å². The predicted molar refractivity (Wildman–Crippen MR) is 50.6 cm³/mol. The molecule has 1 heterocycles. The van der Waals surface area contributed by atoms with Gasteiger partial charge < -0.3 is 11.5 Å². The van der Waals surface area contributed by atoms with Gasteiger partial charge in [0.1, 0.15) is 0 Å². The van der Waals surface area contributed by atoms with Crippen LogP contribution in [0, 0.1) is 0 Å². The standard InChI is InChI=1S/C9H9N3/c10-6-4-8(11)7-2-1-3-12-9(7)5-6/h1-5H,10-11H2. The van der Waals surface area contributed by atoms with Gasteiger partial charge in [0.05, 0.1) is 5.52 Å². The number of rotatable bonds is 0. The Kier molecular flexibility index (Phi) is 1.37. The minimum absolute atomic E-state index is 0.652. The number of pyridine rings is 1. The number of hydrogen-bond donors (Lipinski definition) is 2. The summed E-state index contributed by atoms with van der Waals surface area (Å²) in [6.45, 7) is 0. The molecule has 2 aromatic rings. The average Bonchev–Trinajstić information content (AvgIpc) is 2.04. The van der Waals surface area contributed by atoms with Gasteiger partial charge in [0.25, 0.3) is 0 Å². The molecule has 0 unspecified atom stereocenters. The zero-order chi connectivity index (χ0) is 8.55. The van der Waals surface area contributed by atoms with Crippen LogP contribution >= 0.6 is 0 Å². The lowest BCUT2D eigenvalue weighted by atomic mass is 10.1. The van der Waals surface area contributed by atoms with Crippen LogP contribution in [0.5, 0.6) is 0 Å². The van der Waals surface area contributed by atoms with Crippen molar-refractivity contribution < 1.29 is 0 Å². The molecule has 60 valence electrons. The molecule has 1 aromatic carbocycles. The number of benzene rings is 1. The lowest BCUT2D eigenvalue weighted by Gasteiger charge is -2.01. The van der Waals surface area contributed by atoms with E-state index in [1.165, 1.54) is 0 Å². The quantitative estimate of drug-likeness (QED) is 0.571. The van der Waals surface area contributed by atoms with E-state index in [-0.39, 0.29) is 0 Å². The highest BCUT2D eigenvalue weighted by Gasteiger charge is 1.98. The van der Waals surface area contributed by atoms with Crippen molar-refractivity contribution in [3.63, 3.8) is 0 Å². The van der Waals surface area contributed by atoms with Gasteiger partial charge in [-0.15, -0.1) is 0 Å². The fraction of sp³-hybridized carbons (Fsp3) is 0. The topological polar surface area (TPSA) is 64.9 Å². The van der Waals surface area contributed by atoms with Crippen molar-refractivity contribution in [3.8, 4) is 0 Å². The zero-order valence-corrected chi connectivity index (χ0v) is 6.49. The lowest BCUT2D eigenvalue weighted by molar-refractivity contribution is 1.41. The average molecular weight is 159 g/mol. The van der Waals surface area contributed by atoms with Crippen LogP contribution in [0.2, 0.25) is 0 Å².